The van der Waals surface area contributed by atoms with E-state index in [2.05, 4.69) is 25.2 Å². The van der Waals surface area contributed by atoms with Crippen molar-refractivity contribution in [3.8, 4) is 6.01 Å². The Bertz CT molecular complexity index is 496. The minimum absolute atomic E-state index is 0.110. The number of aromatic nitrogens is 3. The third-order valence-electron chi connectivity index (χ3n) is 3.34. The molecule has 1 aromatic rings. The van der Waals surface area contributed by atoms with Gasteiger partial charge in [0.05, 0.1) is 7.11 Å². The molecule has 1 aliphatic rings. The second-order valence-corrected chi connectivity index (χ2v) is 4.82. The summed E-state index contributed by atoms with van der Waals surface area (Å²) in [6.07, 6.45) is 0.893. The number of carbonyl (C=O) groups is 1. The topological polar surface area (TPSA) is 83.5 Å². The van der Waals surface area contributed by atoms with Crippen LogP contribution < -0.4 is 15.0 Å². The molecule has 1 aromatic heterocycles. The molecule has 0 saturated carbocycles. The third-order valence-corrected chi connectivity index (χ3v) is 3.34. The van der Waals surface area contributed by atoms with E-state index in [4.69, 9.17) is 4.74 Å². The van der Waals surface area contributed by atoms with Crippen LogP contribution in [0.15, 0.2) is 0 Å². The quantitative estimate of drug-likeness (QED) is 0.859. The first-order valence-corrected chi connectivity index (χ1v) is 7.18. The van der Waals surface area contributed by atoms with Crippen LogP contribution in [0.4, 0.5) is 11.9 Å². The third kappa shape index (κ3) is 3.93. The standard InChI is InChI=1S/C13H22N6O2/c1-4-14-11-15-12(17-13(16-11)21-3)19-7-5-6-18(8-9-19)10(2)20/h4-9H2,1-3H3,(H,14,15,16,17). The fourth-order valence-corrected chi connectivity index (χ4v) is 2.25. The Morgan fingerprint density at radius 2 is 2.05 bits per heavy atom. The first-order chi connectivity index (χ1) is 10.1. The normalized spacial score (nSPS) is 15.6. The van der Waals surface area contributed by atoms with E-state index in [1.165, 1.54) is 7.11 Å². The molecule has 2 heterocycles. The van der Waals surface area contributed by atoms with Crippen molar-refractivity contribution in [1.82, 2.24) is 19.9 Å². The molecule has 8 heteroatoms. The average Bonchev–Trinajstić information content (AvgIpc) is 2.73. The number of nitrogens with zero attached hydrogens (tertiary/aromatic N) is 5. The van der Waals surface area contributed by atoms with Crippen LogP contribution in [0.1, 0.15) is 20.3 Å². The summed E-state index contributed by atoms with van der Waals surface area (Å²) in [7, 11) is 1.54. The summed E-state index contributed by atoms with van der Waals surface area (Å²) in [5.41, 5.74) is 0. The van der Waals surface area contributed by atoms with E-state index in [9.17, 15) is 4.79 Å². The van der Waals surface area contributed by atoms with Crippen LogP contribution in [0.5, 0.6) is 6.01 Å². The van der Waals surface area contributed by atoms with Crippen molar-refractivity contribution >= 4 is 17.8 Å². The molecule has 0 bridgehead atoms. The number of methoxy groups -OCH3 is 1. The summed E-state index contributed by atoms with van der Waals surface area (Å²) in [5.74, 6) is 1.20. The molecule has 0 spiro atoms. The second kappa shape index (κ2) is 7.05. The number of anilines is 2. The van der Waals surface area contributed by atoms with Gasteiger partial charge in [-0.05, 0) is 13.3 Å². The summed E-state index contributed by atoms with van der Waals surface area (Å²) >= 11 is 0. The Labute approximate surface area is 124 Å². The number of ether oxygens (including phenoxy) is 1. The molecule has 0 radical (unpaired) electrons. The first-order valence-electron chi connectivity index (χ1n) is 7.18. The van der Waals surface area contributed by atoms with Gasteiger partial charge < -0.3 is 19.9 Å². The average molecular weight is 294 g/mol. The highest BCUT2D eigenvalue weighted by molar-refractivity contribution is 5.73. The minimum Gasteiger partial charge on any atom is -0.467 e. The highest BCUT2D eigenvalue weighted by Crippen LogP contribution is 2.16. The van der Waals surface area contributed by atoms with Crippen LogP contribution in [0, 0.1) is 0 Å². The van der Waals surface area contributed by atoms with Crippen molar-refractivity contribution in [2.75, 3.05) is 50.1 Å². The smallest absolute Gasteiger partial charge is 0.322 e. The van der Waals surface area contributed by atoms with Gasteiger partial charge in [-0.1, -0.05) is 0 Å². The fourth-order valence-electron chi connectivity index (χ4n) is 2.25. The summed E-state index contributed by atoms with van der Waals surface area (Å²) in [5, 5.41) is 3.07. The van der Waals surface area contributed by atoms with Crippen LogP contribution in [-0.2, 0) is 4.79 Å². The number of nitrogens with one attached hydrogen (secondary N) is 1. The van der Waals surface area contributed by atoms with Gasteiger partial charge in [0.1, 0.15) is 0 Å². The van der Waals surface area contributed by atoms with Crippen molar-refractivity contribution in [3.63, 3.8) is 0 Å². The Hall–Kier alpha value is -2.12. The second-order valence-electron chi connectivity index (χ2n) is 4.82. The van der Waals surface area contributed by atoms with Crippen molar-refractivity contribution < 1.29 is 9.53 Å². The van der Waals surface area contributed by atoms with Crippen LogP contribution in [0.25, 0.3) is 0 Å². The van der Waals surface area contributed by atoms with E-state index in [-0.39, 0.29) is 5.91 Å². The van der Waals surface area contributed by atoms with E-state index in [0.29, 0.717) is 31.0 Å². The zero-order chi connectivity index (χ0) is 15.2. The molecule has 2 rings (SSSR count). The molecule has 0 aliphatic carbocycles. The summed E-state index contributed by atoms with van der Waals surface area (Å²) in [4.78, 5) is 28.3. The summed E-state index contributed by atoms with van der Waals surface area (Å²) in [6, 6.07) is 0.295. The predicted octanol–water partition coefficient (Wildman–Crippen LogP) is 0.371. The molecule has 1 N–H and O–H groups in total. The van der Waals surface area contributed by atoms with Gasteiger partial charge in [0, 0.05) is 39.6 Å². The lowest BCUT2D eigenvalue weighted by molar-refractivity contribution is -0.128. The first kappa shape index (κ1) is 15.3. The maximum absolute atomic E-state index is 11.5. The van der Waals surface area contributed by atoms with Gasteiger partial charge in [-0.15, -0.1) is 0 Å². The Kier molecular flexibility index (Phi) is 5.13. The van der Waals surface area contributed by atoms with Gasteiger partial charge in [0.2, 0.25) is 17.8 Å². The van der Waals surface area contributed by atoms with Gasteiger partial charge in [0.15, 0.2) is 0 Å². The van der Waals surface area contributed by atoms with Crippen molar-refractivity contribution in [2.24, 2.45) is 0 Å². The van der Waals surface area contributed by atoms with E-state index in [1.807, 2.05) is 11.8 Å². The molecular weight excluding hydrogens is 272 g/mol. The zero-order valence-electron chi connectivity index (χ0n) is 12.8. The maximum Gasteiger partial charge on any atom is 0.322 e. The molecule has 1 saturated heterocycles. The molecule has 1 aliphatic heterocycles. The highest BCUT2D eigenvalue weighted by Gasteiger charge is 2.19. The molecule has 0 aromatic carbocycles. The molecule has 116 valence electrons. The van der Waals surface area contributed by atoms with Gasteiger partial charge in [0.25, 0.3) is 0 Å². The molecule has 1 amide bonds. The Morgan fingerprint density at radius 1 is 1.24 bits per heavy atom. The van der Waals surface area contributed by atoms with Gasteiger partial charge in [-0.3, -0.25) is 4.79 Å². The molecule has 1 fully saturated rings. The lowest BCUT2D eigenvalue weighted by Gasteiger charge is -2.21. The predicted molar refractivity (Wildman–Crippen MR) is 79.6 cm³/mol. The SMILES string of the molecule is CCNc1nc(OC)nc(N2CCCN(C(C)=O)CC2)n1. The van der Waals surface area contributed by atoms with Crippen LogP contribution in [0.3, 0.4) is 0 Å². The Morgan fingerprint density at radius 3 is 2.71 bits per heavy atom. The van der Waals surface area contributed by atoms with Crippen molar-refractivity contribution in [1.29, 1.82) is 0 Å². The molecular formula is C13H22N6O2. The zero-order valence-corrected chi connectivity index (χ0v) is 12.8. The highest BCUT2D eigenvalue weighted by atomic mass is 16.5. The maximum atomic E-state index is 11.5. The van der Waals surface area contributed by atoms with Gasteiger partial charge in [-0.25, -0.2) is 0 Å². The van der Waals surface area contributed by atoms with Gasteiger partial charge in [-0.2, -0.15) is 15.0 Å². The van der Waals surface area contributed by atoms with Crippen molar-refractivity contribution in [3.05, 3.63) is 0 Å². The summed E-state index contributed by atoms with van der Waals surface area (Å²) in [6.45, 7) is 7.27. The molecule has 0 atom stereocenters. The van der Waals surface area contributed by atoms with Gasteiger partial charge >= 0.3 is 6.01 Å². The molecule has 0 unspecified atom stereocenters. The Balaban J connectivity index is 2.16. The van der Waals surface area contributed by atoms with Crippen LogP contribution >= 0.6 is 0 Å². The number of hydrogen-bond donors (Lipinski definition) is 1. The number of hydrogen-bond acceptors (Lipinski definition) is 7. The van der Waals surface area contributed by atoms with E-state index in [1.54, 1.807) is 6.92 Å². The fraction of sp³-hybridized carbons (Fsp3) is 0.692. The van der Waals surface area contributed by atoms with Crippen LogP contribution in [0.2, 0.25) is 0 Å². The van der Waals surface area contributed by atoms with E-state index in [0.717, 1.165) is 26.1 Å². The largest absolute Gasteiger partial charge is 0.467 e. The monoisotopic (exact) mass is 294 g/mol. The number of carbonyl (C=O) groups excluding carboxylic acids is 1. The summed E-state index contributed by atoms with van der Waals surface area (Å²) < 4.78 is 5.13. The number of amides is 1. The lowest BCUT2D eigenvalue weighted by atomic mass is 10.4. The van der Waals surface area contributed by atoms with E-state index >= 15 is 0 Å². The molecule has 8 nitrogen and oxygen atoms in total. The van der Waals surface area contributed by atoms with Crippen molar-refractivity contribution in [2.45, 2.75) is 20.3 Å². The van der Waals surface area contributed by atoms with E-state index < -0.39 is 0 Å². The molecule has 21 heavy (non-hydrogen) atoms. The van der Waals surface area contributed by atoms with Crippen LogP contribution in [-0.4, -0.2) is 65.6 Å². The lowest BCUT2D eigenvalue weighted by Crippen LogP contribution is -2.34. The number of rotatable bonds is 4. The minimum atomic E-state index is 0.110.